The van der Waals surface area contributed by atoms with E-state index in [1.807, 2.05) is 36.7 Å². The van der Waals surface area contributed by atoms with Crippen LogP contribution in [0.15, 0.2) is 36.7 Å². The summed E-state index contributed by atoms with van der Waals surface area (Å²) in [5.74, 6) is 1.02. The summed E-state index contributed by atoms with van der Waals surface area (Å²) < 4.78 is 2.15. The molecule has 0 unspecified atom stereocenters. The monoisotopic (exact) mass is 245 g/mol. The van der Waals surface area contributed by atoms with E-state index in [-0.39, 0.29) is 6.61 Å². The Bertz CT molecular complexity index is 493. The van der Waals surface area contributed by atoms with E-state index in [1.54, 1.807) is 0 Å². The van der Waals surface area contributed by atoms with Crippen LogP contribution in [-0.4, -0.2) is 14.7 Å². The predicted octanol–water partition coefficient (Wildman–Crippen LogP) is 2.40. The van der Waals surface area contributed by atoms with Crippen molar-refractivity contribution in [2.24, 2.45) is 0 Å². The fourth-order valence-electron chi connectivity index (χ4n) is 1.96. The lowest BCUT2D eigenvalue weighted by Crippen LogP contribution is -2.09. The lowest BCUT2D eigenvalue weighted by Gasteiger charge is -2.11. The Kier molecular flexibility index (Phi) is 4.36. The van der Waals surface area contributed by atoms with E-state index < -0.39 is 0 Å². The molecule has 0 aliphatic carbocycles. The summed E-state index contributed by atoms with van der Waals surface area (Å²) in [4.78, 5) is 4.34. The molecule has 96 valence electrons. The van der Waals surface area contributed by atoms with Crippen molar-refractivity contribution >= 4 is 5.69 Å². The molecule has 1 heterocycles. The van der Waals surface area contributed by atoms with Crippen molar-refractivity contribution < 1.29 is 5.11 Å². The Morgan fingerprint density at radius 3 is 2.94 bits per heavy atom. The van der Waals surface area contributed by atoms with Crippen molar-refractivity contribution in [3.05, 3.63) is 48.0 Å². The quantitative estimate of drug-likeness (QED) is 0.821. The van der Waals surface area contributed by atoms with Crippen LogP contribution in [0.25, 0.3) is 0 Å². The third kappa shape index (κ3) is 2.90. The second kappa shape index (κ2) is 6.21. The molecule has 0 saturated carbocycles. The second-order valence-electron chi connectivity index (χ2n) is 4.21. The molecule has 2 rings (SSSR count). The average molecular weight is 245 g/mol. The molecule has 1 aromatic heterocycles. The molecule has 0 saturated heterocycles. The molecule has 0 fully saturated rings. The van der Waals surface area contributed by atoms with Crippen LogP contribution in [0.4, 0.5) is 5.69 Å². The highest BCUT2D eigenvalue weighted by atomic mass is 16.3. The predicted molar refractivity (Wildman–Crippen MR) is 72.2 cm³/mol. The fraction of sp³-hybridized carbons (Fsp3) is 0.357. The largest absolute Gasteiger partial charge is 0.392 e. The molecule has 0 spiro atoms. The van der Waals surface area contributed by atoms with Gasteiger partial charge in [0, 0.05) is 30.2 Å². The normalized spacial score (nSPS) is 10.6. The van der Waals surface area contributed by atoms with Gasteiger partial charge in [-0.15, -0.1) is 0 Å². The first kappa shape index (κ1) is 12.6. The first-order valence-electron chi connectivity index (χ1n) is 6.27. The molecule has 0 bridgehead atoms. The number of nitrogens with one attached hydrogen (secondary N) is 1. The number of hydrogen-bond acceptors (Lipinski definition) is 3. The number of benzene rings is 1. The summed E-state index contributed by atoms with van der Waals surface area (Å²) in [5, 5.41) is 12.6. The number of rotatable bonds is 6. The van der Waals surface area contributed by atoms with E-state index in [4.69, 9.17) is 0 Å². The Morgan fingerprint density at radius 2 is 2.17 bits per heavy atom. The van der Waals surface area contributed by atoms with Crippen molar-refractivity contribution in [3.8, 4) is 0 Å². The second-order valence-corrected chi connectivity index (χ2v) is 4.21. The Balaban J connectivity index is 2.04. The van der Waals surface area contributed by atoms with Crippen LogP contribution in [-0.2, 0) is 19.7 Å². The number of aliphatic hydroxyl groups is 1. The van der Waals surface area contributed by atoms with Gasteiger partial charge in [-0.2, -0.15) is 0 Å². The van der Waals surface area contributed by atoms with Crippen LogP contribution in [0.2, 0.25) is 0 Å². The van der Waals surface area contributed by atoms with Crippen molar-refractivity contribution in [2.45, 2.75) is 33.0 Å². The summed E-state index contributed by atoms with van der Waals surface area (Å²) in [6.07, 6.45) is 4.92. The number of aromatic nitrogens is 2. The van der Waals surface area contributed by atoms with Crippen molar-refractivity contribution in [2.75, 3.05) is 5.32 Å². The van der Waals surface area contributed by atoms with Crippen LogP contribution in [0, 0.1) is 0 Å². The molecular formula is C14H19N3O. The lowest BCUT2D eigenvalue weighted by molar-refractivity contribution is 0.282. The van der Waals surface area contributed by atoms with Gasteiger partial charge in [0.15, 0.2) is 0 Å². The smallest absolute Gasteiger partial charge is 0.128 e. The van der Waals surface area contributed by atoms with Gasteiger partial charge in [-0.05, 0) is 12.5 Å². The number of anilines is 1. The maximum atomic E-state index is 9.25. The lowest BCUT2D eigenvalue weighted by atomic mass is 10.2. The van der Waals surface area contributed by atoms with Gasteiger partial charge >= 0.3 is 0 Å². The highest BCUT2D eigenvalue weighted by Crippen LogP contribution is 2.15. The minimum atomic E-state index is 0.0482. The van der Waals surface area contributed by atoms with Gasteiger partial charge in [-0.25, -0.2) is 4.98 Å². The minimum absolute atomic E-state index is 0.0482. The molecule has 0 aliphatic rings. The Labute approximate surface area is 107 Å². The first-order chi connectivity index (χ1) is 8.85. The van der Waals surface area contributed by atoms with Gasteiger partial charge in [-0.1, -0.05) is 25.1 Å². The van der Waals surface area contributed by atoms with Gasteiger partial charge in [0.25, 0.3) is 0 Å². The highest BCUT2D eigenvalue weighted by molar-refractivity contribution is 5.50. The van der Waals surface area contributed by atoms with E-state index in [1.165, 1.54) is 0 Å². The zero-order chi connectivity index (χ0) is 12.8. The van der Waals surface area contributed by atoms with E-state index >= 15 is 0 Å². The van der Waals surface area contributed by atoms with Crippen LogP contribution >= 0.6 is 0 Å². The van der Waals surface area contributed by atoms with Gasteiger partial charge < -0.3 is 15.0 Å². The number of para-hydroxylation sites is 1. The molecule has 0 radical (unpaired) electrons. The van der Waals surface area contributed by atoms with Gasteiger partial charge in [0.1, 0.15) is 5.82 Å². The molecule has 0 atom stereocenters. The van der Waals surface area contributed by atoms with Crippen LogP contribution in [0.3, 0.4) is 0 Å². The van der Waals surface area contributed by atoms with E-state index in [9.17, 15) is 5.11 Å². The number of nitrogens with zero attached hydrogens (tertiary/aromatic N) is 2. The van der Waals surface area contributed by atoms with E-state index in [0.717, 1.165) is 30.0 Å². The standard InChI is InChI=1S/C14H19N3O/c1-2-8-17-9-7-15-14(17)10-16-13-6-4-3-5-12(13)11-18/h3-7,9,16,18H,2,8,10-11H2,1H3. The van der Waals surface area contributed by atoms with Gasteiger partial charge in [-0.3, -0.25) is 0 Å². The number of aryl methyl sites for hydroxylation is 1. The van der Waals surface area contributed by atoms with Gasteiger partial charge in [0.05, 0.1) is 13.2 Å². The van der Waals surface area contributed by atoms with Crippen LogP contribution < -0.4 is 5.32 Å². The van der Waals surface area contributed by atoms with Crippen molar-refractivity contribution in [1.82, 2.24) is 9.55 Å². The summed E-state index contributed by atoms with van der Waals surface area (Å²) in [6.45, 7) is 3.85. The van der Waals surface area contributed by atoms with Crippen LogP contribution in [0.1, 0.15) is 24.7 Å². The Morgan fingerprint density at radius 1 is 1.33 bits per heavy atom. The molecule has 0 amide bonds. The molecule has 2 aromatic rings. The van der Waals surface area contributed by atoms with E-state index in [2.05, 4.69) is 21.8 Å². The van der Waals surface area contributed by atoms with Crippen LogP contribution in [0.5, 0.6) is 0 Å². The topological polar surface area (TPSA) is 50.1 Å². The van der Waals surface area contributed by atoms with Crippen molar-refractivity contribution in [1.29, 1.82) is 0 Å². The fourth-order valence-corrected chi connectivity index (χ4v) is 1.96. The third-order valence-electron chi connectivity index (χ3n) is 2.89. The third-order valence-corrected chi connectivity index (χ3v) is 2.89. The molecule has 2 N–H and O–H groups in total. The van der Waals surface area contributed by atoms with E-state index in [0.29, 0.717) is 6.54 Å². The summed E-state index contributed by atoms with van der Waals surface area (Å²) in [5.41, 5.74) is 1.87. The van der Waals surface area contributed by atoms with Crippen molar-refractivity contribution in [3.63, 3.8) is 0 Å². The maximum absolute atomic E-state index is 9.25. The summed E-state index contributed by atoms with van der Waals surface area (Å²) in [6, 6.07) is 7.77. The highest BCUT2D eigenvalue weighted by Gasteiger charge is 2.04. The first-order valence-corrected chi connectivity index (χ1v) is 6.27. The molecular weight excluding hydrogens is 226 g/mol. The molecule has 18 heavy (non-hydrogen) atoms. The SMILES string of the molecule is CCCn1ccnc1CNc1ccccc1CO. The maximum Gasteiger partial charge on any atom is 0.128 e. The Hall–Kier alpha value is -1.81. The molecule has 4 nitrogen and oxygen atoms in total. The molecule has 0 aliphatic heterocycles. The van der Waals surface area contributed by atoms with Gasteiger partial charge in [0.2, 0.25) is 0 Å². The number of hydrogen-bond donors (Lipinski definition) is 2. The number of imidazole rings is 1. The zero-order valence-corrected chi connectivity index (χ0v) is 10.6. The summed E-state index contributed by atoms with van der Waals surface area (Å²) in [7, 11) is 0. The number of aliphatic hydroxyl groups excluding tert-OH is 1. The zero-order valence-electron chi connectivity index (χ0n) is 10.6. The molecule has 4 heteroatoms. The summed E-state index contributed by atoms with van der Waals surface area (Å²) >= 11 is 0. The minimum Gasteiger partial charge on any atom is -0.392 e. The molecule has 1 aromatic carbocycles. The average Bonchev–Trinajstić information content (AvgIpc) is 2.84.